The fraction of sp³-hybridized carbons (Fsp3) is 0.969. The molecule has 0 aromatic heterocycles. The summed E-state index contributed by atoms with van der Waals surface area (Å²) in [6.45, 7) is 12.8. The van der Waals surface area contributed by atoms with E-state index in [0.717, 1.165) is 19.6 Å². The largest absolute Gasteiger partial charge is 0.468 e. The molecule has 0 rings (SSSR count). The van der Waals surface area contributed by atoms with Crippen molar-refractivity contribution in [3.8, 4) is 0 Å². The van der Waals surface area contributed by atoms with Gasteiger partial charge in [0.1, 0.15) is 0 Å². The summed E-state index contributed by atoms with van der Waals surface area (Å²) in [6.07, 6.45) is 28.4. The molecule has 0 N–H and O–H groups in total. The third kappa shape index (κ3) is 25.1. The maximum Gasteiger partial charge on any atom is 0.319 e. The molecule has 4 heteroatoms. The van der Waals surface area contributed by atoms with Crippen molar-refractivity contribution in [1.82, 2.24) is 9.80 Å². The molecule has 0 aliphatic heterocycles. The van der Waals surface area contributed by atoms with Crippen LogP contribution in [0.4, 0.5) is 0 Å². The number of hydrogen-bond donors (Lipinski definition) is 0. The Hall–Kier alpha value is -0.610. The summed E-state index contributed by atoms with van der Waals surface area (Å²) in [4.78, 5) is 17.1. The first-order valence-corrected chi connectivity index (χ1v) is 16.2. The number of carbonyl (C=O) groups is 1. The summed E-state index contributed by atoms with van der Waals surface area (Å²) in [7, 11) is 1.52. The Morgan fingerprint density at radius 3 is 1.11 bits per heavy atom. The predicted octanol–water partition coefficient (Wildman–Crippen LogP) is 9.02. The standard InChI is InChI=1S/C32H66N2O2/c1-5-8-11-14-17-20-23-26-33(27-24-21-18-15-12-9-6-2)29-30-34(31-32(35)36-4)28-25-22-19-16-13-10-7-3/h5-31H2,1-4H3. The lowest BCUT2D eigenvalue weighted by atomic mass is 10.1. The van der Waals surface area contributed by atoms with Crippen LogP contribution in [0, 0.1) is 0 Å². The number of unbranched alkanes of at least 4 members (excludes halogenated alkanes) is 18. The van der Waals surface area contributed by atoms with E-state index >= 15 is 0 Å². The molecule has 0 bridgehead atoms. The van der Waals surface area contributed by atoms with Crippen LogP contribution in [-0.2, 0) is 9.53 Å². The van der Waals surface area contributed by atoms with Crippen molar-refractivity contribution in [3.63, 3.8) is 0 Å². The molecule has 0 radical (unpaired) electrons. The average molecular weight is 511 g/mol. The maximum absolute atomic E-state index is 12.0. The summed E-state index contributed by atoms with van der Waals surface area (Å²) in [5, 5.41) is 0. The normalized spacial score (nSPS) is 11.6. The van der Waals surface area contributed by atoms with Gasteiger partial charge in [-0.3, -0.25) is 9.69 Å². The third-order valence-corrected chi connectivity index (χ3v) is 7.55. The van der Waals surface area contributed by atoms with Gasteiger partial charge in [0.15, 0.2) is 0 Å². The molecule has 216 valence electrons. The van der Waals surface area contributed by atoms with Gasteiger partial charge in [0, 0.05) is 13.1 Å². The molecule has 0 amide bonds. The van der Waals surface area contributed by atoms with E-state index in [1.165, 1.54) is 155 Å². The highest BCUT2D eigenvalue weighted by atomic mass is 16.5. The number of carbonyl (C=O) groups excluding carboxylic acids is 1. The van der Waals surface area contributed by atoms with Crippen LogP contribution >= 0.6 is 0 Å². The van der Waals surface area contributed by atoms with E-state index in [1.807, 2.05) is 0 Å². The molecule has 4 nitrogen and oxygen atoms in total. The molecular formula is C32H66N2O2. The minimum absolute atomic E-state index is 0.0938. The summed E-state index contributed by atoms with van der Waals surface area (Å²) < 4.78 is 5.00. The van der Waals surface area contributed by atoms with Crippen molar-refractivity contribution in [2.75, 3.05) is 46.4 Å². The van der Waals surface area contributed by atoms with Gasteiger partial charge in [0.05, 0.1) is 13.7 Å². The molecule has 0 unspecified atom stereocenters. The van der Waals surface area contributed by atoms with Crippen LogP contribution in [0.3, 0.4) is 0 Å². The van der Waals surface area contributed by atoms with E-state index in [2.05, 4.69) is 30.6 Å². The third-order valence-electron chi connectivity index (χ3n) is 7.55. The molecule has 0 aromatic carbocycles. The Balaban J connectivity index is 4.48. The number of ether oxygens (including phenoxy) is 1. The Labute approximate surface area is 227 Å². The molecule has 0 saturated heterocycles. The molecular weight excluding hydrogens is 444 g/mol. The summed E-state index contributed by atoms with van der Waals surface area (Å²) in [5.74, 6) is -0.0938. The fourth-order valence-corrected chi connectivity index (χ4v) is 5.01. The van der Waals surface area contributed by atoms with E-state index in [1.54, 1.807) is 0 Å². The average Bonchev–Trinajstić information content (AvgIpc) is 2.89. The summed E-state index contributed by atoms with van der Waals surface area (Å²) >= 11 is 0. The van der Waals surface area contributed by atoms with Gasteiger partial charge in [-0.2, -0.15) is 0 Å². The Morgan fingerprint density at radius 2 is 0.750 bits per heavy atom. The number of rotatable bonds is 29. The zero-order chi connectivity index (χ0) is 26.5. The highest BCUT2D eigenvalue weighted by Gasteiger charge is 2.13. The van der Waals surface area contributed by atoms with Crippen LogP contribution < -0.4 is 0 Å². The van der Waals surface area contributed by atoms with Crippen LogP contribution in [-0.4, -0.2) is 62.1 Å². The lowest BCUT2D eigenvalue weighted by molar-refractivity contribution is -0.142. The first kappa shape index (κ1) is 35.4. The van der Waals surface area contributed by atoms with Gasteiger partial charge in [-0.25, -0.2) is 0 Å². The SMILES string of the molecule is CCCCCCCCCN(CCCCCCCCC)CCN(CCCCCCCCC)CC(=O)OC. The molecule has 36 heavy (non-hydrogen) atoms. The molecule has 0 spiro atoms. The van der Waals surface area contributed by atoms with Crippen LogP contribution in [0.15, 0.2) is 0 Å². The van der Waals surface area contributed by atoms with Crippen molar-refractivity contribution in [1.29, 1.82) is 0 Å². The van der Waals surface area contributed by atoms with E-state index < -0.39 is 0 Å². The number of hydrogen-bond acceptors (Lipinski definition) is 4. The van der Waals surface area contributed by atoms with Crippen molar-refractivity contribution < 1.29 is 9.53 Å². The molecule has 0 aliphatic rings. The van der Waals surface area contributed by atoms with Gasteiger partial charge < -0.3 is 9.64 Å². The zero-order valence-electron chi connectivity index (χ0n) is 25.3. The molecule has 0 aliphatic carbocycles. The fourth-order valence-electron chi connectivity index (χ4n) is 5.01. The minimum atomic E-state index is -0.0938. The molecule has 0 fully saturated rings. The first-order chi connectivity index (χ1) is 17.7. The minimum Gasteiger partial charge on any atom is -0.468 e. The quantitative estimate of drug-likeness (QED) is 0.0742. The van der Waals surface area contributed by atoms with Crippen molar-refractivity contribution in [2.24, 2.45) is 0 Å². The van der Waals surface area contributed by atoms with Crippen molar-refractivity contribution in [2.45, 2.75) is 156 Å². The smallest absolute Gasteiger partial charge is 0.319 e. The Kier molecular flexibility index (Phi) is 28.5. The van der Waals surface area contributed by atoms with Gasteiger partial charge >= 0.3 is 5.97 Å². The van der Waals surface area contributed by atoms with E-state index in [9.17, 15) is 4.79 Å². The van der Waals surface area contributed by atoms with Crippen molar-refractivity contribution >= 4 is 5.97 Å². The second-order valence-corrected chi connectivity index (χ2v) is 11.1. The van der Waals surface area contributed by atoms with E-state index in [-0.39, 0.29) is 5.97 Å². The van der Waals surface area contributed by atoms with E-state index in [4.69, 9.17) is 4.74 Å². The lowest BCUT2D eigenvalue weighted by Crippen LogP contribution is -2.39. The first-order valence-electron chi connectivity index (χ1n) is 16.2. The highest BCUT2D eigenvalue weighted by molar-refractivity contribution is 5.71. The topological polar surface area (TPSA) is 32.8 Å². The summed E-state index contributed by atoms with van der Waals surface area (Å²) in [5.41, 5.74) is 0. The highest BCUT2D eigenvalue weighted by Crippen LogP contribution is 2.11. The van der Waals surface area contributed by atoms with Crippen LogP contribution in [0.1, 0.15) is 156 Å². The molecule has 0 aromatic rings. The second-order valence-electron chi connectivity index (χ2n) is 11.1. The summed E-state index contributed by atoms with van der Waals surface area (Å²) in [6, 6.07) is 0. The second kappa shape index (κ2) is 29.0. The number of nitrogens with zero attached hydrogens (tertiary/aromatic N) is 2. The zero-order valence-corrected chi connectivity index (χ0v) is 25.3. The van der Waals surface area contributed by atoms with Crippen molar-refractivity contribution in [3.05, 3.63) is 0 Å². The van der Waals surface area contributed by atoms with Crippen LogP contribution in [0.2, 0.25) is 0 Å². The number of methoxy groups -OCH3 is 1. The Morgan fingerprint density at radius 1 is 0.444 bits per heavy atom. The van der Waals surface area contributed by atoms with E-state index in [0.29, 0.717) is 6.54 Å². The Bertz CT molecular complexity index is 426. The molecule has 0 saturated carbocycles. The number of esters is 1. The van der Waals surface area contributed by atoms with Gasteiger partial charge in [-0.05, 0) is 38.9 Å². The van der Waals surface area contributed by atoms with Gasteiger partial charge in [-0.1, -0.05) is 136 Å². The monoisotopic (exact) mass is 511 g/mol. The van der Waals surface area contributed by atoms with Crippen LogP contribution in [0.5, 0.6) is 0 Å². The van der Waals surface area contributed by atoms with Gasteiger partial charge in [0.25, 0.3) is 0 Å². The van der Waals surface area contributed by atoms with Gasteiger partial charge in [0.2, 0.25) is 0 Å². The van der Waals surface area contributed by atoms with Gasteiger partial charge in [-0.15, -0.1) is 0 Å². The maximum atomic E-state index is 12.0. The van der Waals surface area contributed by atoms with Crippen LogP contribution in [0.25, 0.3) is 0 Å². The molecule has 0 atom stereocenters. The lowest BCUT2D eigenvalue weighted by Gasteiger charge is -2.27. The molecule has 0 heterocycles. The predicted molar refractivity (Wildman–Crippen MR) is 159 cm³/mol.